The van der Waals surface area contributed by atoms with Gasteiger partial charge in [-0.1, -0.05) is 5.16 Å². The lowest BCUT2D eigenvalue weighted by atomic mass is 9.77. The van der Waals surface area contributed by atoms with E-state index in [4.69, 9.17) is 10.3 Å². The number of fused-ring (bicyclic) bond motifs is 1. The third-order valence-corrected chi connectivity index (χ3v) is 4.60. The van der Waals surface area contributed by atoms with Crippen LogP contribution in [0.2, 0.25) is 0 Å². The number of nitrogens with one attached hydrogen (secondary N) is 1. The maximum absolute atomic E-state index is 12.2. The molecule has 2 aliphatic carbocycles. The average molecular weight is 300 g/mol. The van der Waals surface area contributed by atoms with E-state index >= 15 is 0 Å². The Balaban J connectivity index is 1.78. The highest BCUT2D eigenvalue weighted by atomic mass is 16.5. The summed E-state index contributed by atoms with van der Waals surface area (Å²) in [4.78, 5) is 31.2. The molecule has 0 saturated heterocycles. The molecule has 2 aromatic heterocycles. The van der Waals surface area contributed by atoms with Gasteiger partial charge in [0.25, 0.3) is 11.4 Å². The van der Waals surface area contributed by atoms with Crippen molar-refractivity contribution in [3.63, 3.8) is 0 Å². The number of aromatic nitrogens is 3. The topological polar surface area (TPSA) is 115 Å². The summed E-state index contributed by atoms with van der Waals surface area (Å²) in [7, 11) is 0. The number of hydrogen-bond acceptors (Lipinski definition) is 6. The second-order valence-electron chi connectivity index (χ2n) is 6.11. The molecule has 0 bridgehead atoms. The Morgan fingerprint density at radius 3 is 2.73 bits per heavy atom. The first-order valence-corrected chi connectivity index (χ1v) is 7.50. The molecule has 0 aliphatic heterocycles. The van der Waals surface area contributed by atoms with Crippen molar-refractivity contribution in [1.29, 1.82) is 0 Å². The Labute approximate surface area is 125 Å². The average Bonchev–Trinajstić information content (AvgIpc) is 2.94. The van der Waals surface area contributed by atoms with Crippen molar-refractivity contribution < 1.29 is 9.32 Å². The van der Waals surface area contributed by atoms with Gasteiger partial charge in [-0.25, -0.2) is 0 Å². The number of nitrogens with two attached hydrogens (primary N) is 1. The summed E-state index contributed by atoms with van der Waals surface area (Å²) in [6.07, 6.45) is 4.63. The summed E-state index contributed by atoms with van der Waals surface area (Å²) < 4.78 is 5.21. The van der Waals surface area contributed by atoms with Gasteiger partial charge in [0.05, 0.1) is 5.54 Å². The van der Waals surface area contributed by atoms with Crippen LogP contribution in [-0.2, 0) is 12.0 Å². The van der Waals surface area contributed by atoms with E-state index in [1.54, 1.807) is 6.07 Å². The van der Waals surface area contributed by atoms with Gasteiger partial charge in [0.2, 0.25) is 0 Å². The molecule has 2 heterocycles. The number of carbonyl (C=O) groups is 1. The van der Waals surface area contributed by atoms with Crippen molar-refractivity contribution in [3.05, 3.63) is 33.5 Å². The SMILES string of the molecule is NC1(c2noc(-c3cc4c([nH]c3=O)CCCC4=O)n2)CCC1. The van der Waals surface area contributed by atoms with Gasteiger partial charge < -0.3 is 15.2 Å². The summed E-state index contributed by atoms with van der Waals surface area (Å²) >= 11 is 0. The van der Waals surface area contributed by atoms with Crippen LogP contribution in [0.5, 0.6) is 0 Å². The van der Waals surface area contributed by atoms with Gasteiger partial charge in [-0.15, -0.1) is 0 Å². The maximum Gasteiger partial charge on any atom is 0.263 e. The number of pyridine rings is 1. The number of carbonyl (C=O) groups excluding carboxylic acids is 1. The highest BCUT2D eigenvalue weighted by Crippen LogP contribution is 2.37. The first-order valence-electron chi connectivity index (χ1n) is 7.50. The summed E-state index contributed by atoms with van der Waals surface area (Å²) in [5.74, 6) is 0.583. The summed E-state index contributed by atoms with van der Waals surface area (Å²) in [5.41, 5.74) is 6.78. The van der Waals surface area contributed by atoms with E-state index in [0.717, 1.165) is 25.7 Å². The number of Topliss-reactive ketones (excluding diaryl/α,β-unsaturated/α-hetero) is 1. The Morgan fingerprint density at radius 2 is 2.00 bits per heavy atom. The maximum atomic E-state index is 12.2. The molecule has 0 amide bonds. The van der Waals surface area contributed by atoms with Gasteiger partial charge >= 0.3 is 0 Å². The van der Waals surface area contributed by atoms with Crippen LogP contribution in [0.15, 0.2) is 15.4 Å². The van der Waals surface area contributed by atoms with Crippen molar-refractivity contribution in [3.8, 4) is 11.5 Å². The number of nitrogens with zero attached hydrogens (tertiary/aromatic N) is 2. The number of aromatic amines is 1. The number of H-pyrrole nitrogens is 1. The van der Waals surface area contributed by atoms with E-state index < -0.39 is 5.54 Å². The second kappa shape index (κ2) is 4.61. The van der Waals surface area contributed by atoms with E-state index in [-0.39, 0.29) is 22.8 Å². The molecule has 7 heteroatoms. The zero-order chi connectivity index (χ0) is 15.3. The second-order valence-corrected chi connectivity index (χ2v) is 6.11. The third-order valence-electron chi connectivity index (χ3n) is 4.60. The smallest absolute Gasteiger partial charge is 0.263 e. The van der Waals surface area contributed by atoms with Crippen LogP contribution in [0.4, 0.5) is 0 Å². The number of rotatable bonds is 2. The van der Waals surface area contributed by atoms with E-state index in [1.165, 1.54) is 0 Å². The molecule has 2 aliphatic rings. The van der Waals surface area contributed by atoms with Crippen molar-refractivity contribution in [2.24, 2.45) is 5.73 Å². The molecule has 22 heavy (non-hydrogen) atoms. The Morgan fingerprint density at radius 1 is 1.18 bits per heavy atom. The first-order chi connectivity index (χ1) is 10.6. The van der Waals surface area contributed by atoms with Crippen LogP contribution in [0.25, 0.3) is 11.5 Å². The minimum Gasteiger partial charge on any atom is -0.334 e. The lowest BCUT2D eigenvalue weighted by Gasteiger charge is -2.34. The largest absolute Gasteiger partial charge is 0.334 e. The van der Waals surface area contributed by atoms with Gasteiger partial charge in [0.1, 0.15) is 5.56 Å². The van der Waals surface area contributed by atoms with Crippen molar-refractivity contribution in [1.82, 2.24) is 15.1 Å². The molecule has 0 unspecified atom stereocenters. The lowest BCUT2D eigenvalue weighted by molar-refractivity contribution is 0.0971. The Kier molecular flexibility index (Phi) is 2.80. The van der Waals surface area contributed by atoms with E-state index in [2.05, 4.69) is 15.1 Å². The summed E-state index contributed by atoms with van der Waals surface area (Å²) in [5, 5.41) is 3.91. The van der Waals surface area contributed by atoms with Crippen LogP contribution in [0.3, 0.4) is 0 Å². The van der Waals surface area contributed by atoms with Gasteiger partial charge in [0.15, 0.2) is 11.6 Å². The first kappa shape index (κ1) is 13.4. The Bertz CT molecular complexity index is 816. The zero-order valence-corrected chi connectivity index (χ0v) is 12.0. The molecule has 0 radical (unpaired) electrons. The normalized spacial score (nSPS) is 19.6. The molecular formula is C15H16N4O3. The van der Waals surface area contributed by atoms with E-state index in [9.17, 15) is 9.59 Å². The van der Waals surface area contributed by atoms with Gasteiger partial charge in [-0.3, -0.25) is 9.59 Å². The molecule has 3 N–H and O–H groups in total. The van der Waals surface area contributed by atoms with Crippen LogP contribution in [-0.4, -0.2) is 20.9 Å². The molecule has 1 fully saturated rings. The van der Waals surface area contributed by atoms with Crippen molar-refractivity contribution >= 4 is 5.78 Å². The molecule has 0 atom stereocenters. The van der Waals surface area contributed by atoms with Crippen LogP contribution in [0, 0.1) is 0 Å². The fraction of sp³-hybridized carbons (Fsp3) is 0.467. The molecule has 114 valence electrons. The fourth-order valence-electron chi connectivity index (χ4n) is 3.05. The van der Waals surface area contributed by atoms with Crippen LogP contribution < -0.4 is 11.3 Å². The fourth-order valence-corrected chi connectivity index (χ4v) is 3.05. The third kappa shape index (κ3) is 1.93. The zero-order valence-electron chi connectivity index (χ0n) is 12.0. The molecule has 4 rings (SSSR count). The standard InChI is InChI=1S/C15H16N4O3/c16-15(5-2-6-15)14-18-13(22-19-14)9-7-8-10(17-12(9)21)3-1-4-11(8)20/h7H,1-6,16H2,(H,17,21). The predicted octanol–water partition coefficient (Wildman–Crippen LogP) is 1.28. The Hall–Kier alpha value is -2.28. The molecule has 2 aromatic rings. The highest BCUT2D eigenvalue weighted by Gasteiger charge is 2.39. The molecule has 0 spiro atoms. The summed E-state index contributed by atoms with van der Waals surface area (Å²) in [6, 6.07) is 1.57. The van der Waals surface area contributed by atoms with Crippen LogP contribution in [0.1, 0.15) is 54.0 Å². The summed E-state index contributed by atoms with van der Waals surface area (Å²) in [6.45, 7) is 0. The van der Waals surface area contributed by atoms with Gasteiger partial charge in [-0.05, 0) is 38.2 Å². The molecule has 1 saturated carbocycles. The monoisotopic (exact) mass is 300 g/mol. The van der Waals surface area contributed by atoms with Crippen molar-refractivity contribution in [2.45, 2.75) is 44.1 Å². The quantitative estimate of drug-likeness (QED) is 0.863. The molecule has 7 nitrogen and oxygen atoms in total. The minimum absolute atomic E-state index is 0.0350. The highest BCUT2D eigenvalue weighted by molar-refractivity contribution is 5.98. The van der Waals surface area contributed by atoms with Crippen LogP contribution >= 0.6 is 0 Å². The number of aryl methyl sites for hydroxylation is 1. The minimum atomic E-state index is -0.543. The number of ketones is 1. The molecule has 0 aromatic carbocycles. The van der Waals surface area contributed by atoms with Crippen molar-refractivity contribution in [2.75, 3.05) is 0 Å². The lowest BCUT2D eigenvalue weighted by Crippen LogP contribution is -2.44. The van der Waals surface area contributed by atoms with E-state index in [0.29, 0.717) is 29.9 Å². The predicted molar refractivity (Wildman–Crippen MR) is 77.3 cm³/mol. The molecular weight excluding hydrogens is 284 g/mol. The van der Waals surface area contributed by atoms with E-state index in [1.807, 2.05) is 0 Å². The van der Waals surface area contributed by atoms with Gasteiger partial charge in [-0.2, -0.15) is 4.98 Å². The number of hydrogen-bond donors (Lipinski definition) is 2. The van der Waals surface area contributed by atoms with Gasteiger partial charge in [0, 0.05) is 17.7 Å².